The van der Waals surface area contributed by atoms with Crippen LogP contribution in [-0.2, 0) is 13.0 Å². The Labute approximate surface area is 104 Å². The predicted octanol–water partition coefficient (Wildman–Crippen LogP) is 2.06. The summed E-state index contributed by atoms with van der Waals surface area (Å²) in [5, 5.41) is 12.3. The van der Waals surface area contributed by atoms with Crippen molar-refractivity contribution in [1.82, 2.24) is 9.55 Å². The molecule has 0 bridgehead atoms. The van der Waals surface area contributed by atoms with E-state index in [1.807, 2.05) is 35.8 Å². The van der Waals surface area contributed by atoms with Crippen LogP contribution in [0.15, 0.2) is 24.3 Å². The van der Waals surface area contributed by atoms with Gasteiger partial charge in [-0.25, -0.2) is 9.78 Å². The summed E-state index contributed by atoms with van der Waals surface area (Å²) in [6.07, 6.45) is 0.630. The number of carboxylic acid groups (broad SMARTS) is 1. The van der Waals surface area contributed by atoms with Crippen molar-refractivity contribution in [2.75, 3.05) is 5.32 Å². The maximum absolute atomic E-state index is 11.2. The Bertz CT molecular complexity index is 631. The largest absolute Gasteiger partial charge is 0.476 e. The number of aromatic nitrogens is 2. The molecule has 3 rings (SSSR count). The average Bonchev–Trinajstić information content (AvgIpc) is 2.77. The molecule has 1 aliphatic heterocycles. The van der Waals surface area contributed by atoms with Crippen molar-refractivity contribution >= 4 is 11.9 Å². The second kappa shape index (κ2) is 3.87. The third kappa shape index (κ3) is 1.40. The lowest BCUT2D eigenvalue weighted by atomic mass is 10.1. The highest BCUT2D eigenvalue weighted by Crippen LogP contribution is 2.29. The number of rotatable bonds is 2. The highest BCUT2D eigenvalue weighted by atomic mass is 16.4. The van der Waals surface area contributed by atoms with Crippen LogP contribution in [0.4, 0.5) is 5.95 Å². The fraction of sp³-hybridized carbons (Fsp3) is 0.231. The summed E-state index contributed by atoms with van der Waals surface area (Å²) in [6.45, 7) is 2.61. The van der Waals surface area contributed by atoms with Gasteiger partial charge in [-0.3, -0.25) is 4.57 Å². The molecule has 2 heterocycles. The van der Waals surface area contributed by atoms with Gasteiger partial charge in [-0.1, -0.05) is 25.1 Å². The SMILES string of the molecule is CCc1c(C(=O)O)nc2n1-c1ccccc1CN2. The molecule has 5 heteroatoms. The summed E-state index contributed by atoms with van der Waals surface area (Å²) in [5.41, 5.74) is 3.03. The number of para-hydroxylation sites is 1. The van der Waals surface area contributed by atoms with Crippen LogP contribution in [0.25, 0.3) is 5.69 Å². The lowest BCUT2D eigenvalue weighted by Gasteiger charge is -2.21. The van der Waals surface area contributed by atoms with Crippen LogP contribution in [0.2, 0.25) is 0 Å². The summed E-state index contributed by atoms with van der Waals surface area (Å²) in [5.74, 6) is -0.365. The summed E-state index contributed by atoms with van der Waals surface area (Å²) in [6, 6.07) is 7.96. The molecule has 0 saturated heterocycles. The van der Waals surface area contributed by atoms with E-state index in [0.717, 1.165) is 16.9 Å². The van der Waals surface area contributed by atoms with Crippen molar-refractivity contribution < 1.29 is 9.90 Å². The van der Waals surface area contributed by atoms with E-state index >= 15 is 0 Å². The number of anilines is 1. The monoisotopic (exact) mass is 243 g/mol. The van der Waals surface area contributed by atoms with E-state index in [0.29, 0.717) is 18.9 Å². The van der Waals surface area contributed by atoms with Crippen molar-refractivity contribution in [3.63, 3.8) is 0 Å². The molecule has 18 heavy (non-hydrogen) atoms. The van der Waals surface area contributed by atoms with E-state index in [2.05, 4.69) is 10.3 Å². The fourth-order valence-corrected chi connectivity index (χ4v) is 2.38. The summed E-state index contributed by atoms with van der Waals surface area (Å²) < 4.78 is 1.91. The Morgan fingerprint density at radius 3 is 3.00 bits per heavy atom. The first-order valence-electron chi connectivity index (χ1n) is 5.89. The molecule has 0 atom stereocenters. The maximum atomic E-state index is 11.2. The molecule has 5 nitrogen and oxygen atoms in total. The highest BCUT2D eigenvalue weighted by Gasteiger charge is 2.25. The molecule has 0 spiro atoms. The van der Waals surface area contributed by atoms with Gasteiger partial charge in [0.1, 0.15) is 0 Å². The highest BCUT2D eigenvalue weighted by molar-refractivity contribution is 5.88. The standard InChI is InChI=1S/C13H13N3O2/c1-2-9-11(12(17)18)15-13-14-7-8-5-3-4-6-10(8)16(9)13/h3-6H,2,7H2,1H3,(H,14,15)(H,17,18). The van der Waals surface area contributed by atoms with Gasteiger partial charge in [0, 0.05) is 6.54 Å². The summed E-state index contributed by atoms with van der Waals surface area (Å²) in [4.78, 5) is 15.4. The van der Waals surface area contributed by atoms with Gasteiger partial charge < -0.3 is 10.4 Å². The molecule has 0 saturated carbocycles. The van der Waals surface area contributed by atoms with Gasteiger partial charge in [-0.05, 0) is 18.1 Å². The Balaban J connectivity index is 2.29. The number of fused-ring (bicyclic) bond motifs is 3. The molecule has 0 aliphatic carbocycles. The van der Waals surface area contributed by atoms with Gasteiger partial charge in [0.25, 0.3) is 0 Å². The zero-order valence-electron chi connectivity index (χ0n) is 9.97. The van der Waals surface area contributed by atoms with Crippen LogP contribution < -0.4 is 5.32 Å². The average molecular weight is 243 g/mol. The number of imidazole rings is 1. The Morgan fingerprint density at radius 2 is 2.28 bits per heavy atom. The fourth-order valence-electron chi connectivity index (χ4n) is 2.38. The molecule has 92 valence electrons. The minimum absolute atomic E-state index is 0.136. The van der Waals surface area contributed by atoms with Crippen molar-refractivity contribution in [1.29, 1.82) is 0 Å². The second-order valence-electron chi connectivity index (χ2n) is 4.21. The van der Waals surface area contributed by atoms with Crippen molar-refractivity contribution in [2.45, 2.75) is 19.9 Å². The van der Waals surface area contributed by atoms with E-state index in [1.165, 1.54) is 0 Å². The molecule has 2 aromatic rings. The lowest BCUT2D eigenvalue weighted by molar-refractivity contribution is 0.0690. The van der Waals surface area contributed by atoms with Gasteiger partial charge in [0.2, 0.25) is 5.95 Å². The number of carbonyl (C=O) groups is 1. The number of benzene rings is 1. The van der Waals surface area contributed by atoms with E-state index in [9.17, 15) is 9.90 Å². The number of nitrogens with one attached hydrogen (secondary N) is 1. The maximum Gasteiger partial charge on any atom is 0.356 e. The first-order chi connectivity index (χ1) is 8.72. The van der Waals surface area contributed by atoms with E-state index in [4.69, 9.17) is 0 Å². The molecule has 0 unspecified atom stereocenters. The van der Waals surface area contributed by atoms with Crippen molar-refractivity contribution in [3.8, 4) is 5.69 Å². The molecular formula is C13H13N3O2. The molecule has 1 aromatic carbocycles. The molecule has 1 aliphatic rings. The number of nitrogens with zero attached hydrogens (tertiary/aromatic N) is 2. The van der Waals surface area contributed by atoms with Crippen molar-refractivity contribution in [3.05, 3.63) is 41.2 Å². The number of hydrogen-bond donors (Lipinski definition) is 2. The molecule has 0 fully saturated rings. The van der Waals surface area contributed by atoms with E-state index in [1.54, 1.807) is 0 Å². The predicted molar refractivity (Wildman–Crippen MR) is 67.2 cm³/mol. The van der Waals surface area contributed by atoms with Gasteiger partial charge in [0.05, 0.1) is 11.4 Å². The van der Waals surface area contributed by atoms with E-state index < -0.39 is 5.97 Å². The molecule has 0 amide bonds. The quantitative estimate of drug-likeness (QED) is 0.847. The zero-order valence-corrected chi connectivity index (χ0v) is 9.97. The minimum Gasteiger partial charge on any atom is -0.476 e. The van der Waals surface area contributed by atoms with Crippen LogP contribution >= 0.6 is 0 Å². The molecule has 0 radical (unpaired) electrons. The van der Waals surface area contributed by atoms with E-state index in [-0.39, 0.29) is 5.69 Å². The lowest BCUT2D eigenvalue weighted by Crippen LogP contribution is -2.16. The molecule has 2 N–H and O–H groups in total. The summed E-state index contributed by atoms with van der Waals surface area (Å²) >= 11 is 0. The zero-order chi connectivity index (χ0) is 12.7. The number of aromatic carboxylic acids is 1. The first kappa shape index (κ1) is 10.8. The topological polar surface area (TPSA) is 67.1 Å². The van der Waals surface area contributed by atoms with Gasteiger partial charge >= 0.3 is 5.97 Å². The van der Waals surface area contributed by atoms with Gasteiger partial charge in [-0.15, -0.1) is 0 Å². The van der Waals surface area contributed by atoms with Crippen LogP contribution in [0.3, 0.4) is 0 Å². The van der Waals surface area contributed by atoms with Gasteiger partial charge in [-0.2, -0.15) is 0 Å². The normalized spacial score (nSPS) is 12.5. The number of hydrogen-bond acceptors (Lipinski definition) is 3. The van der Waals surface area contributed by atoms with Crippen molar-refractivity contribution in [2.24, 2.45) is 0 Å². The Kier molecular flexibility index (Phi) is 2.33. The van der Waals surface area contributed by atoms with Gasteiger partial charge in [0.15, 0.2) is 5.69 Å². The third-order valence-electron chi connectivity index (χ3n) is 3.18. The second-order valence-corrected chi connectivity index (χ2v) is 4.21. The molecular weight excluding hydrogens is 230 g/mol. The van der Waals surface area contributed by atoms with Crippen LogP contribution in [0.1, 0.15) is 28.7 Å². The Hall–Kier alpha value is -2.30. The smallest absolute Gasteiger partial charge is 0.356 e. The van der Waals surface area contributed by atoms with Crippen LogP contribution in [-0.4, -0.2) is 20.6 Å². The Morgan fingerprint density at radius 1 is 1.50 bits per heavy atom. The minimum atomic E-state index is -0.979. The van der Waals surface area contributed by atoms with Crippen LogP contribution in [0.5, 0.6) is 0 Å². The van der Waals surface area contributed by atoms with Crippen LogP contribution in [0, 0.1) is 0 Å². The molecule has 1 aromatic heterocycles. The first-order valence-corrected chi connectivity index (χ1v) is 5.89. The third-order valence-corrected chi connectivity index (χ3v) is 3.18. The summed E-state index contributed by atoms with van der Waals surface area (Å²) in [7, 11) is 0. The number of carboxylic acids is 1.